The lowest BCUT2D eigenvalue weighted by molar-refractivity contribution is 1.41. The minimum atomic E-state index is 1.10. The Morgan fingerprint density at radius 3 is 3.23 bits per heavy atom. The molecule has 1 aromatic rings. The van der Waals surface area contributed by atoms with E-state index in [1.54, 1.807) is 11.8 Å². The highest BCUT2D eigenvalue weighted by Gasteiger charge is 2.16. The summed E-state index contributed by atoms with van der Waals surface area (Å²) in [6.07, 6.45) is 6.12. The van der Waals surface area contributed by atoms with Gasteiger partial charge < -0.3 is 0 Å². The summed E-state index contributed by atoms with van der Waals surface area (Å²) in [5, 5.41) is 2.11. The van der Waals surface area contributed by atoms with Gasteiger partial charge in [0, 0.05) is 22.2 Å². The number of nitrogens with zero attached hydrogens (tertiary/aromatic N) is 1. The van der Waals surface area contributed by atoms with Crippen molar-refractivity contribution in [3.05, 3.63) is 41.3 Å². The minimum absolute atomic E-state index is 1.10. The van der Waals surface area contributed by atoms with E-state index in [0.717, 1.165) is 5.69 Å². The van der Waals surface area contributed by atoms with Crippen LogP contribution in [0.25, 0.3) is 5.57 Å². The molecule has 0 saturated heterocycles. The van der Waals surface area contributed by atoms with Gasteiger partial charge in [0.05, 0.1) is 5.69 Å². The molecule has 0 unspecified atom stereocenters. The lowest BCUT2D eigenvalue weighted by atomic mass is 10.1. The maximum absolute atomic E-state index is 4.35. The van der Waals surface area contributed by atoms with Gasteiger partial charge >= 0.3 is 0 Å². The first-order valence-corrected chi connectivity index (χ1v) is 5.04. The van der Waals surface area contributed by atoms with Gasteiger partial charge in [-0.25, -0.2) is 0 Å². The SMILES string of the molecule is C1=CSc2cccc3c2C(=C1)C=N3. The van der Waals surface area contributed by atoms with Crippen molar-refractivity contribution in [2.45, 2.75) is 4.90 Å². The molecule has 0 saturated carbocycles. The molecule has 2 heterocycles. The zero-order chi connectivity index (χ0) is 8.67. The van der Waals surface area contributed by atoms with Crippen molar-refractivity contribution < 1.29 is 0 Å². The standard InChI is InChI=1S/C11H7NS/c1-4-9-11-8(7-12-9)3-2-6-13-10(11)5-1/h1-7H. The summed E-state index contributed by atoms with van der Waals surface area (Å²) in [4.78, 5) is 5.65. The molecule has 0 fully saturated rings. The fourth-order valence-corrected chi connectivity index (χ4v) is 2.40. The Balaban J connectivity index is 2.37. The van der Waals surface area contributed by atoms with Crippen LogP contribution in [0.3, 0.4) is 0 Å². The van der Waals surface area contributed by atoms with Gasteiger partial charge in [0.2, 0.25) is 0 Å². The monoisotopic (exact) mass is 185 g/mol. The fraction of sp³-hybridized carbons (Fsp3) is 0. The highest BCUT2D eigenvalue weighted by atomic mass is 32.2. The third kappa shape index (κ3) is 0.988. The van der Waals surface area contributed by atoms with E-state index in [9.17, 15) is 0 Å². The number of aliphatic imine (C=N–C) groups is 1. The van der Waals surface area contributed by atoms with Crippen LogP contribution in [-0.2, 0) is 0 Å². The van der Waals surface area contributed by atoms with Gasteiger partial charge in [0.15, 0.2) is 0 Å². The van der Waals surface area contributed by atoms with Gasteiger partial charge in [0.25, 0.3) is 0 Å². The minimum Gasteiger partial charge on any atom is -0.256 e. The van der Waals surface area contributed by atoms with E-state index in [2.05, 4.69) is 40.8 Å². The molecular weight excluding hydrogens is 178 g/mol. The first kappa shape index (κ1) is 7.15. The van der Waals surface area contributed by atoms with Crippen molar-refractivity contribution in [1.82, 2.24) is 0 Å². The van der Waals surface area contributed by atoms with Crippen molar-refractivity contribution in [1.29, 1.82) is 0 Å². The molecular formula is C11H7NS. The van der Waals surface area contributed by atoms with Crippen molar-refractivity contribution in [3.8, 4) is 0 Å². The molecule has 2 aliphatic rings. The van der Waals surface area contributed by atoms with Crippen LogP contribution < -0.4 is 0 Å². The average Bonchev–Trinajstić information content (AvgIpc) is 2.44. The van der Waals surface area contributed by atoms with Gasteiger partial charge in [-0.2, -0.15) is 0 Å². The Bertz CT molecular complexity index is 455. The van der Waals surface area contributed by atoms with Crippen molar-refractivity contribution in [2.75, 3.05) is 0 Å². The Morgan fingerprint density at radius 2 is 2.23 bits per heavy atom. The Hall–Kier alpha value is -1.28. The van der Waals surface area contributed by atoms with E-state index in [0.29, 0.717) is 0 Å². The van der Waals surface area contributed by atoms with Crippen LogP contribution in [0.2, 0.25) is 0 Å². The second kappa shape index (κ2) is 2.60. The van der Waals surface area contributed by atoms with Crippen LogP contribution in [0.15, 0.2) is 45.6 Å². The predicted octanol–water partition coefficient (Wildman–Crippen LogP) is 3.41. The van der Waals surface area contributed by atoms with Crippen LogP contribution in [0.4, 0.5) is 5.69 Å². The maximum Gasteiger partial charge on any atom is 0.0720 e. The van der Waals surface area contributed by atoms with E-state index < -0.39 is 0 Å². The van der Waals surface area contributed by atoms with E-state index in [1.807, 2.05) is 6.21 Å². The maximum atomic E-state index is 4.35. The zero-order valence-electron chi connectivity index (χ0n) is 6.90. The van der Waals surface area contributed by atoms with Gasteiger partial charge in [0.1, 0.15) is 0 Å². The largest absolute Gasteiger partial charge is 0.256 e. The van der Waals surface area contributed by atoms with Gasteiger partial charge in [-0.1, -0.05) is 30.0 Å². The summed E-state index contributed by atoms with van der Waals surface area (Å²) in [7, 11) is 0. The van der Waals surface area contributed by atoms with Crippen LogP contribution in [0.1, 0.15) is 5.56 Å². The third-order valence-electron chi connectivity index (χ3n) is 2.18. The number of rotatable bonds is 0. The Labute approximate surface area is 80.9 Å². The topological polar surface area (TPSA) is 12.4 Å². The number of thioether (sulfide) groups is 1. The van der Waals surface area contributed by atoms with Crippen molar-refractivity contribution in [2.24, 2.45) is 4.99 Å². The first-order chi connectivity index (χ1) is 6.45. The molecule has 62 valence electrons. The molecule has 0 spiro atoms. The molecule has 0 bridgehead atoms. The molecule has 0 radical (unpaired) electrons. The highest BCUT2D eigenvalue weighted by Crippen LogP contribution is 2.40. The molecule has 1 aromatic carbocycles. The summed E-state index contributed by atoms with van der Waals surface area (Å²) in [6, 6.07) is 6.25. The lowest BCUT2D eigenvalue weighted by Crippen LogP contribution is -1.81. The summed E-state index contributed by atoms with van der Waals surface area (Å²) in [6.45, 7) is 0. The van der Waals surface area contributed by atoms with E-state index in [1.165, 1.54) is 16.0 Å². The molecule has 1 nitrogen and oxygen atoms in total. The van der Waals surface area contributed by atoms with E-state index in [-0.39, 0.29) is 0 Å². The van der Waals surface area contributed by atoms with Crippen LogP contribution in [-0.4, -0.2) is 6.21 Å². The summed E-state index contributed by atoms with van der Waals surface area (Å²) < 4.78 is 0. The Kier molecular flexibility index (Phi) is 1.43. The Morgan fingerprint density at radius 1 is 1.23 bits per heavy atom. The molecule has 0 aromatic heterocycles. The highest BCUT2D eigenvalue weighted by molar-refractivity contribution is 8.02. The molecule has 0 aliphatic carbocycles. The second-order valence-corrected chi connectivity index (χ2v) is 3.92. The van der Waals surface area contributed by atoms with Gasteiger partial charge in [-0.3, -0.25) is 4.99 Å². The smallest absolute Gasteiger partial charge is 0.0720 e. The number of hydrogen-bond acceptors (Lipinski definition) is 2. The molecule has 2 heteroatoms. The molecule has 2 aliphatic heterocycles. The molecule has 3 rings (SSSR count). The normalized spacial score (nSPS) is 16.8. The number of benzene rings is 1. The molecule has 0 N–H and O–H groups in total. The first-order valence-electron chi connectivity index (χ1n) is 4.16. The van der Waals surface area contributed by atoms with Crippen molar-refractivity contribution >= 4 is 29.2 Å². The fourth-order valence-electron chi connectivity index (χ4n) is 1.60. The van der Waals surface area contributed by atoms with Crippen molar-refractivity contribution in [3.63, 3.8) is 0 Å². The van der Waals surface area contributed by atoms with E-state index in [4.69, 9.17) is 0 Å². The third-order valence-corrected chi connectivity index (χ3v) is 3.07. The number of hydrogen-bond donors (Lipinski definition) is 0. The second-order valence-electron chi connectivity index (χ2n) is 2.98. The van der Waals surface area contributed by atoms with Crippen LogP contribution in [0.5, 0.6) is 0 Å². The average molecular weight is 185 g/mol. The quantitative estimate of drug-likeness (QED) is 0.603. The molecule has 13 heavy (non-hydrogen) atoms. The predicted molar refractivity (Wildman–Crippen MR) is 57.6 cm³/mol. The molecule has 0 amide bonds. The van der Waals surface area contributed by atoms with Gasteiger partial charge in [-0.15, -0.1) is 0 Å². The molecule has 0 atom stereocenters. The van der Waals surface area contributed by atoms with Crippen LogP contribution in [0, 0.1) is 0 Å². The zero-order valence-corrected chi connectivity index (χ0v) is 7.71. The summed E-state index contributed by atoms with van der Waals surface area (Å²) >= 11 is 1.75. The lowest BCUT2D eigenvalue weighted by Gasteiger charge is -2.03. The number of allylic oxidation sites excluding steroid dienone is 3. The van der Waals surface area contributed by atoms with E-state index >= 15 is 0 Å². The van der Waals surface area contributed by atoms with Crippen LogP contribution >= 0.6 is 11.8 Å². The van der Waals surface area contributed by atoms with Gasteiger partial charge in [-0.05, 0) is 17.5 Å². The summed E-state index contributed by atoms with van der Waals surface area (Å²) in [5.41, 5.74) is 3.62. The summed E-state index contributed by atoms with van der Waals surface area (Å²) in [5.74, 6) is 0.